The zero-order valence-electron chi connectivity index (χ0n) is 7.21. The highest BCUT2D eigenvalue weighted by atomic mass is 32.2. The van der Waals surface area contributed by atoms with Crippen molar-refractivity contribution in [1.29, 1.82) is 0 Å². The molecule has 0 aliphatic heterocycles. The largest absolute Gasteiger partial charge is 0.368 e. The molecule has 0 saturated heterocycles. The van der Waals surface area contributed by atoms with Gasteiger partial charge in [-0.05, 0) is 18.2 Å². The van der Waals surface area contributed by atoms with E-state index in [1.807, 2.05) is 24.5 Å². The van der Waals surface area contributed by atoms with Gasteiger partial charge in [-0.1, -0.05) is 0 Å². The van der Waals surface area contributed by atoms with Crippen molar-refractivity contribution < 1.29 is 13.0 Å². The Morgan fingerprint density at radius 1 is 1.07 bits per heavy atom. The highest BCUT2D eigenvalue weighted by Gasteiger charge is 2.07. The Morgan fingerprint density at radius 2 is 1.71 bits per heavy atom. The van der Waals surface area contributed by atoms with E-state index in [1.165, 1.54) is 18.5 Å². The van der Waals surface area contributed by atoms with Crippen molar-refractivity contribution in [2.75, 3.05) is 0 Å². The fraction of sp³-hybridized carbons (Fsp3) is 0. The molecule has 0 atom stereocenters. The lowest BCUT2D eigenvalue weighted by Crippen LogP contribution is -1.94. The molecule has 0 spiro atoms. The minimum Gasteiger partial charge on any atom is -0.368 e. The number of nitrogens with one attached hydrogen (secondary N) is 2. The summed E-state index contributed by atoms with van der Waals surface area (Å²) >= 11 is 0. The summed E-state index contributed by atoms with van der Waals surface area (Å²) in [6, 6.07) is 5.16. The molecule has 0 aromatic carbocycles. The van der Waals surface area contributed by atoms with Crippen molar-refractivity contribution in [3.05, 3.63) is 43.0 Å². The van der Waals surface area contributed by atoms with Crippen LogP contribution in [0.5, 0.6) is 0 Å². The van der Waals surface area contributed by atoms with E-state index in [0.717, 1.165) is 0 Å². The summed E-state index contributed by atoms with van der Waals surface area (Å²) in [5.74, 6) is 0. The van der Waals surface area contributed by atoms with Crippen LogP contribution in [0.4, 0.5) is 0 Å². The lowest BCUT2D eigenvalue weighted by Gasteiger charge is -1.85. The van der Waals surface area contributed by atoms with E-state index in [9.17, 15) is 8.42 Å². The molecule has 2 aromatic heterocycles. The van der Waals surface area contributed by atoms with Crippen LogP contribution in [-0.2, 0) is 10.1 Å². The first-order valence-electron chi connectivity index (χ1n) is 3.79. The molecule has 2 heterocycles. The van der Waals surface area contributed by atoms with Crippen LogP contribution in [-0.4, -0.2) is 22.9 Å². The van der Waals surface area contributed by atoms with Gasteiger partial charge in [-0.15, -0.1) is 0 Å². The molecule has 6 heteroatoms. The number of H-pyrrole nitrogens is 2. The summed E-state index contributed by atoms with van der Waals surface area (Å²) in [5.41, 5.74) is 0. The Hall–Kier alpha value is -1.53. The predicted octanol–water partition coefficient (Wildman–Crippen LogP) is 1.28. The Bertz CT molecular complexity index is 414. The molecule has 0 aliphatic carbocycles. The molecule has 0 bridgehead atoms. The first-order chi connectivity index (χ1) is 6.61. The first kappa shape index (κ1) is 10.6. The van der Waals surface area contributed by atoms with Crippen LogP contribution in [0.15, 0.2) is 47.9 Å². The Labute approximate surface area is 81.5 Å². The van der Waals surface area contributed by atoms with Crippen LogP contribution in [0.2, 0.25) is 0 Å². The predicted molar refractivity (Wildman–Crippen MR) is 51.4 cm³/mol. The van der Waals surface area contributed by atoms with E-state index in [4.69, 9.17) is 4.55 Å². The number of rotatable bonds is 1. The molecule has 5 nitrogen and oxygen atoms in total. The normalized spacial score (nSPS) is 10.4. The Morgan fingerprint density at radius 3 is 1.93 bits per heavy atom. The van der Waals surface area contributed by atoms with Crippen LogP contribution in [0.3, 0.4) is 0 Å². The van der Waals surface area contributed by atoms with E-state index in [0.29, 0.717) is 0 Å². The topological polar surface area (TPSA) is 85.9 Å². The molecule has 0 fully saturated rings. The van der Waals surface area contributed by atoms with Gasteiger partial charge in [0, 0.05) is 24.8 Å². The second-order valence-corrected chi connectivity index (χ2v) is 3.83. The van der Waals surface area contributed by atoms with Gasteiger partial charge in [0.15, 0.2) is 0 Å². The van der Waals surface area contributed by atoms with Crippen LogP contribution in [0.25, 0.3) is 0 Å². The minimum absolute atomic E-state index is 0.109. The third-order valence-electron chi connectivity index (χ3n) is 1.36. The van der Waals surface area contributed by atoms with Crippen LogP contribution >= 0.6 is 0 Å². The van der Waals surface area contributed by atoms with E-state index in [-0.39, 0.29) is 4.90 Å². The van der Waals surface area contributed by atoms with E-state index in [2.05, 4.69) is 9.97 Å². The maximum atomic E-state index is 10.2. The maximum Gasteiger partial charge on any atom is 0.296 e. The highest BCUT2D eigenvalue weighted by molar-refractivity contribution is 7.85. The molecule has 14 heavy (non-hydrogen) atoms. The Kier molecular flexibility index (Phi) is 3.49. The highest BCUT2D eigenvalue weighted by Crippen LogP contribution is 2.03. The van der Waals surface area contributed by atoms with Gasteiger partial charge in [0.2, 0.25) is 0 Å². The molecular weight excluding hydrogens is 204 g/mol. The zero-order chi connectivity index (χ0) is 10.4. The van der Waals surface area contributed by atoms with Gasteiger partial charge in [0.1, 0.15) is 4.90 Å². The van der Waals surface area contributed by atoms with Crippen LogP contribution in [0, 0.1) is 0 Å². The molecule has 0 radical (unpaired) electrons. The quantitative estimate of drug-likeness (QED) is 0.625. The van der Waals surface area contributed by atoms with Crippen molar-refractivity contribution in [2.24, 2.45) is 0 Å². The molecule has 3 N–H and O–H groups in total. The fourth-order valence-corrected chi connectivity index (χ4v) is 1.20. The molecule has 0 aliphatic rings. The molecule has 2 aromatic rings. The van der Waals surface area contributed by atoms with Crippen LogP contribution < -0.4 is 0 Å². The van der Waals surface area contributed by atoms with Crippen molar-refractivity contribution in [1.82, 2.24) is 9.97 Å². The smallest absolute Gasteiger partial charge is 0.296 e. The summed E-state index contributed by atoms with van der Waals surface area (Å²) in [7, 11) is -3.99. The van der Waals surface area contributed by atoms with Crippen molar-refractivity contribution in [3.8, 4) is 0 Å². The molecule has 0 amide bonds. The number of aromatic amines is 2. The van der Waals surface area contributed by atoms with Gasteiger partial charge in [0.25, 0.3) is 10.1 Å². The zero-order valence-corrected chi connectivity index (χ0v) is 8.03. The third-order valence-corrected chi connectivity index (χ3v) is 2.21. The summed E-state index contributed by atoms with van der Waals surface area (Å²) in [6.07, 6.45) is 6.37. The van der Waals surface area contributed by atoms with Gasteiger partial charge < -0.3 is 9.97 Å². The summed E-state index contributed by atoms with van der Waals surface area (Å²) in [6.45, 7) is 0. The average Bonchev–Trinajstić information content (AvgIpc) is 2.80. The Balaban J connectivity index is 0.000000165. The first-order valence-corrected chi connectivity index (χ1v) is 5.23. The van der Waals surface area contributed by atoms with Crippen LogP contribution in [0.1, 0.15) is 0 Å². The molecule has 2 rings (SSSR count). The monoisotopic (exact) mass is 214 g/mol. The van der Waals surface area contributed by atoms with Crippen molar-refractivity contribution in [3.63, 3.8) is 0 Å². The fourth-order valence-electron chi connectivity index (χ4n) is 0.747. The third kappa shape index (κ3) is 3.46. The lowest BCUT2D eigenvalue weighted by atomic mass is 10.7. The average molecular weight is 214 g/mol. The van der Waals surface area contributed by atoms with Crippen molar-refractivity contribution >= 4 is 10.1 Å². The molecule has 0 unspecified atom stereocenters. The summed E-state index contributed by atoms with van der Waals surface area (Å²) in [4.78, 5) is 5.25. The van der Waals surface area contributed by atoms with Crippen molar-refractivity contribution in [2.45, 2.75) is 4.90 Å². The van der Waals surface area contributed by atoms with E-state index in [1.54, 1.807) is 0 Å². The summed E-state index contributed by atoms with van der Waals surface area (Å²) in [5, 5.41) is 0. The number of hydrogen-bond acceptors (Lipinski definition) is 2. The van der Waals surface area contributed by atoms with Gasteiger partial charge in [0.05, 0.1) is 0 Å². The standard InChI is InChI=1S/C4H5NO3S.C4H5N/c6-9(7,8)4-1-2-5-3-4;1-2-4-5-3-1/h1-3,5H,(H,6,7,8);1-5H. The van der Waals surface area contributed by atoms with Gasteiger partial charge in [-0.3, -0.25) is 4.55 Å². The molecule has 76 valence electrons. The van der Waals surface area contributed by atoms with E-state index >= 15 is 0 Å². The van der Waals surface area contributed by atoms with E-state index < -0.39 is 10.1 Å². The second kappa shape index (κ2) is 4.64. The number of hydrogen-bond donors (Lipinski definition) is 3. The summed E-state index contributed by atoms with van der Waals surface area (Å²) < 4.78 is 28.8. The van der Waals surface area contributed by atoms with Gasteiger partial charge >= 0.3 is 0 Å². The molecule has 0 saturated carbocycles. The second-order valence-electron chi connectivity index (χ2n) is 2.41. The van der Waals surface area contributed by atoms with Gasteiger partial charge in [-0.2, -0.15) is 8.42 Å². The SMILES string of the molecule is O=S(=O)(O)c1cc[nH]c1.c1cc[nH]c1. The number of aromatic nitrogens is 2. The minimum atomic E-state index is -3.99. The van der Waals surface area contributed by atoms with Gasteiger partial charge in [-0.25, -0.2) is 0 Å². The lowest BCUT2D eigenvalue weighted by molar-refractivity contribution is 0.483. The maximum absolute atomic E-state index is 10.2. The molecular formula is C8H10N2O3S.